The fraction of sp³-hybridized carbons (Fsp3) is 0.636. The van der Waals surface area contributed by atoms with Crippen LogP contribution in [0.4, 0.5) is 4.39 Å². The molecule has 72 valence electrons. The van der Waals surface area contributed by atoms with Crippen LogP contribution in [0.2, 0.25) is 0 Å². The Kier molecular flexibility index (Phi) is 2.24. The molecule has 0 heterocycles. The lowest BCUT2D eigenvalue weighted by molar-refractivity contribution is 0.0295. The van der Waals surface area contributed by atoms with Crippen molar-refractivity contribution in [2.75, 3.05) is 0 Å². The first-order valence-electron chi connectivity index (χ1n) is 4.91. The zero-order valence-electron chi connectivity index (χ0n) is 7.62. The van der Waals surface area contributed by atoms with Crippen molar-refractivity contribution in [1.29, 1.82) is 0 Å². The molecule has 1 nitrogen and oxygen atoms in total. The Morgan fingerprint density at radius 1 is 1.31 bits per heavy atom. The van der Waals surface area contributed by atoms with Gasteiger partial charge >= 0.3 is 0 Å². The van der Waals surface area contributed by atoms with Crippen LogP contribution >= 0.6 is 0 Å². The molecule has 1 saturated carbocycles. The van der Waals surface area contributed by atoms with Crippen molar-refractivity contribution >= 4 is 0 Å². The molecule has 2 rings (SSSR count). The van der Waals surface area contributed by atoms with Gasteiger partial charge in [0.15, 0.2) is 0 Å². The van der Waals surface area contributed by atoms with E-state index < -0.39 is 11.8 Å². The van der Waals surface area contributed by atoms with E-state index in [2.05, 4.69) is 0 Å². The number of alkyl halides is 1. The van der Waals surface area contributed by atoms with E-state index in [9.17, 15) is 9.50 Å². The fourth-order valence-electron chi connectivity index (χ4n) is 2.31. The predicted molar refractivity (Wildman–Crippen MR) is 50.1 cm³/mol. The van der Waals surface area contributed by atoms with E-state index in [1.807, 2.05) is 24.3 Å². The molecular formula is C11H15FO. The molecule has 0 spiro atoms. The average Bonchev–Trinajstić information content (AvgIpc) is 2.54. The second kappa shape index (κ2) is 3.26. The van der Waals surface area contributed by atoms with Crippen molar-refractivity contribution in [1.82, 2.24) is 0 Å². The van der Waals surface area contributed by atoms with Crippen molar-refractivity contribution in [2.45, 2.75) is 37.5 Å². The van der Waals surface area contributed by atoms with Crippen LogP contribution in [-0.2, 0) is 0 Å². The first kappa shape index (κ1) is 8.95. The van der Waals surface area contributed by atoms with Crippen LogP contribution in [0, 0.1) is 5.92 Å². The van der Waals surface area contributed by atoms with Crippen LogP contribution in [0.3, 0.4) is 0 Å². The lowest BCUT2D eigenvalue weighted by atomic mass is 9.81. The number of hydrogen-bond acceptors (Lipinski definition) is 1. The standard InChI is InChI=1S/C11H15FO/c12-10-5-4-9(8-10)11(13)6-2-1-3-7-11/h1-3,6,9-10,13H,4-5,7-8H2. The summed E-state index contributed by atoms with van der Waals surface area (Å²) < 4.78 is 12.9. The number of aliphatic hydroxyl groups is 1. The maximum absolute atomic E-state index is 12.9. The lowest BCUT2D eigenvalue weighted by Gasteiger charge is -2.31. The molecule has 0 bridgehead atoms. The lowest BCUT2D eigenvalue weighted by Crippen LogP contribution is -2.34. The summed E-state index contributed by atoms with van der Waals surface area (Å²) >= 11 is 0. The quantitative estimate of drug-likeness (QED) is 0.660. The molecule has 0 aromatic heterocycles. The van der Waals surface area contributed by atoms with Crippen LogP contribution in [0.1, 0.15) is 25.7 Å². The molecule has 3 atom stereocenters. The minimum absolute atomic E-state index is 0.115. The summed E-state index contributed by atoms with van der Waals surface area (Å²) in [5.74, 6) is 0.115. The van der Waals surface area contributed by atoms with Crippen molar-refractivity contribution < 1.29 is 9.50 Å². The summed E-state index contributed by atoms with van der Waals surface area (Å²) in [5.41, 5.74) is -0.768. The number of halogens is 1. The van der Waals surface area contributed by atoms with Crippen LogP contribution in [0.25, 0.3) is 0 Å². The summed E-state index contributed by atoms with van der Waals surface area (Å²) in [5, 5.41) is 10.2. The van der Waals surface area contributed by atoms with Gasteiger partial charge in [0.05, 0.1) is 5.60 Å². The average molecular weight is 182 g/mol. The van der Waals surface area contributed by atoms with Gasteiger partial charge < -0.3 is 5.11 Å². The van der Waals surface area contributed by atoms with E-state index in [0.29, 0.717) is 19.3 Å². The largest absolute Gasteiger partial charge is 0.385 e. The molecule has 13 heavy (non-hydrogen) atoms. The van der Waals surface area contributed by atoms with Gasteiger partial charge in [0.25, 0.3) is 0 Å². The minimum Gasteiger partial charge on any atom is -0.385 e. The second-order valence-corrected chi connectivity index (χ2v) is 4.09. The Hall–Kier alpha value is -0.630. The highest BCUT2D eigenvalue weighted by molar-refractivity contribution is 5.20. The molecule has 2 aliphatic rings. The van der Waals surface area contributed by atoms with Gasteiger partial charge in [0.2, 0.25) is 0 Å². The third-order valence-electron chi connectivity index (χ3n) is 3.15. The number of hydrogen-bond donors (Lipinski definition) is 1. The normalized spacial score (nSPS) is 44.2. The van der Waals surface area contributed by atoms with Gasteiger partial charge in [-0.05, 0) is 31.6 Å². The third kappa shape index (κ3) is 1.68. The highest BCUT2D eigenvalue weighted by Gasteiger charge is 2.39. The number of rotatable bonds is 1. The molecule has 0 aromatic carbocycles. The monoisotopic (exact) mass is 182 g/mol. The van der Waals surface area contributed by atoms with Crippen LogP contribution < -0.4 is 0 Å². The molecule has 2 heteroatoms. The number of allylic oxidation sites excluding steroid dienone is 2. The van der Waals surface area contributed by atoms with Crippen molar-refractivity contribution in [3.05, 3.63) is 24.3 Å². The SMILES string of the molecule is OC1(C2CCC(F)C2)C=CC=CC1. The summed E-state index contributed by atoms with van der Waals surface area (Å²) in [6.45, 7) is 0. The topological polar surface area (TPSA) is 20.2 Å². The summed E-state index contributed by atoms with van der Waals surface area (Å²) in [7, 11) is 0. The third-order valence-corrected chi connectivity index (χ3v) is 3.15. The summed E-state index contributed by atoms with van der Waals surface area (Å²) in [6.07, 6.45) is 9.44. The molecule has 0 amide bonds. The van der Waals surface area contributed by atoms with E-state index >= 15 is 0 Å². The van der Waals surface area contributed by atoms with Gasteiger partial charge in [-0.15, -0.1) is 0 Å². The molecule has 0 radical (unpaired) electrons. The Morgan fingerprint density at radius 2 is 2.15 bits per heavy atom. The van der Waals surface area contributed by atoms with Gasteiger partial charge in [0.1, 0.15) is 6.17 Å². The zero-order valence-corrected chi connectivity index (χ0v) is 7.62. The maximum Gasteiger partial charge on any atom is 0.101 e. The molecule has 1 fully saturated rings. The Labute approximate surface area is 78.0 Å². The molecule has 1 N–H and O–H groups in total. The van der Waals surface area contributed by atoms with Gasteiger partial charge in [0, 0.05) is 0 Å². The fourth-order valence-corrected chi connectivity index (χ4v) is 2.31. The van der Waals surface area contributed by atoms with E-state index in [-0.39, 0.29) is 5.92 Å². The molecule has 3 unspecified atom stereocenters. The van der Waals surface area contributed by atoms with E-state index in [1.54, 1.807) is 0 Å². The van der Waals surface area contributed by atoms with Gasteiger partial charge in [-0.2, -0.15) is 0 Å². The van der Waals surface area contributed by atoms with Crippen molar-refractivity contribution in [2.24, 2.45) is 5.92 Å². The van der Waals surface area contributed by atoms with Crippen molar-refractivity contribution in [3.63, 3.8) is 0 Å². The van der Waals surface area contributed by atoms with Crippen LogP contribution in [-0.4, -0.2) is 16.9 Å². The first-order valence-corrected chi connectivity index (χ1v) is 4.91. The maximum atomic E-state index is 12.9. The second-order valence-electron chi connectivity index (χ2n) is 4.09. The Bertz CT molecular complexity index is 246. The van der Waals surface area contributed by atoms with Gasteiger partial charge in [-0.1, -0.05) is 24.3 Å². The zero-order chi connectivity index (χ0) is 9.31. The van der Waals surface area contributed by atoms with E-state index in [4.69, 9.17) is 0 Å². The summed E-state index contributed by atoms with van der Waals surface area (Å²) in [6, 6.07) is 0. The predicted octanol–water partition coefficient (Wildman–Crippen LogP) is 2.37. The minimum atomic E-state index is -0.768. The van der Waals surface area contributed by atoms with E-state index in [1.165, 1.54) is 0 Å². The molecule has 2 aliphatic carbocycles. The first-order chi connectivity index (χ1) is 6.21. The highest BCUT2D eigenvalue weighted by Crippen LogP contribution is 2.39. The molecule has 0 aromatic rings. The smallest absolute Gasteiger partial charge is 0.101 e. The Morgan fingerprint density at radius 3 is 2.69 bits per heavy atom. The molecule has 0 aliphatic heterocycles. The van der Waals surface area contributed by atoms with Gasteiger partial charge in [-0.25, -0.2) is 4.39 Å². The Balaban J connectivity index is 2.07. The van der Waals surface area contributed by atoms with Crippen LogP contribution in [0.5, 0.6) is 0 Å². The van der Waals surface area contributed by atoms with Crippen LogP contribution in [0.15, 0.2) is 24.3 Å². The highest BCUT2D eigenvalue weighted by atomic mass is 19.1. The van der Waals surface area contributed by atoms with E-state index in [0.717, 1.165) is 6.42 Å². The molecular weight excluding hydrogens is 167 g/mol. The molecule has 0 saturated heterocycles. The van der Waals surface area contributed by atoms with Crippen molar-refractivity contribution in [3.8, 4) is 0 Å². The summed E-state index contributed by atoms with van der Waals surface area (Å²) in [4.78, 5) is 0. The van der Waals surface area contributed by atoms with Gasteiger partial charge in [-0.3, -0.25) is 0 Å².